The zero-order chi connectivity index (χ0) is 12.3. The van der Waals surface area contributed by atoms with Gasteiger partial charge in [-0.05, 0) is 27.2 Å². The summed E-state index contributed by atoms with van der Waals surface area (Å²) in [4.78, 5) is 13.9. The highest BCUT2D eigenvalue weighted by atomic mass is 16.5. The number of morpholine rings is 1. The van der Waals surface area contributed by atoms with E-state index in [0.29, 0.717) is 13.1 Å². The van der Waals surface area contributed by atoms with Crippen molar-refractivity contribution in [3.8, 4) is 0 Å². The van der Waals surface area contributed by atoms with E-state index in [9.17, 15) is 4.79 Å². The molecule has 1 amide bonds. The fourth-order valence-corrected chi connectivity index (χ4v) is 2.29. The molecular formula is C12H24N2O2. The normalized spacial score (nSPS) is 26.6. The van der Waals surface area contributed by atoms with E-state index in [-0.39, 0.29) is 23.7 Å². The zero-order valence-corrected chi connectivity index (χ0v) is 10.8. The van der Waals surface area contributed by atoms with Crippen molar-refractivity contribution in [1.29, 1.82) is 0 Å². The summed E-state index contributed by atoms with van der Waals surface area (Å²) in [6.07, 6.45) is 1.78. The molecule has 4 nitrogen and oxygen atoms in total. The Kier molecular flexibility index (Phi) is 4.33. The van der Waals surface area contributed by atoms with Gasteiger partial charge in [0, 0.05) is 13.1 Å². The minimum Gasteiger partial charge on any atom is -0.369 e. The Morgan fingerprint density at radius 2 is 2.25 bits per heavy atom. The maximum Gasteiger partial charge on any atom is 0.239 e. The van der Waals surface area contributed by atoms with Crippen molar-refractivity contribution in [2.45, 2.75) is 58.3 Å². The van der Waals surface area contributed by atoms with Crippen LogP contribution in [0.25, 0.3) is 0 Å². The summed E-state index contributed by atoms with van der Waals surface area (Å²) in [5, 5.41) is 0. The van der Waals surface area contributed by atoms with E-state index >= 15 is 0 Å². The Morgan fingerprint density at radius 1 is 1.62 bits per heavy atom. The zero-order valence-electron chi connectivity index (χ0n) is 10.8. The molecule has 2 atom stereocenters. The van der Waals surface area contributed by atoms with Crippen LogP contribution in [0.4, 0.5) is 0 Å². The monoisotopic (exact) mass is 228 g/mol. The summed E-state index contributed by atoms with van der Waals surface area (Å²) in [5.41, 5.74) is 5.60. The van der Waals surface area contributed by atoms with Crippen molar-refractivity contribution in [3.63, 3.8) is 0 Å². The van der Waals surface area contributed by atoms with E-state index < -0.39 is 0 Å². The number of carbonyl (C=O) groups excluding carboxylic acids is 1. The number of ether oxygens (including phenoxy) is 1. The van der Waals surface area contributed by atoms with Crippen LogP contribution in [0.2, 0.25) is 0 Å². The summed E-state index contributed by atoms with van der Waals surface area (Å²) in [7, 11) is 0. The Bertz CT molecular complexity index is 253. The second kappa shape index (κ2) is 5.15. The lowest BCUT2D eigenvalue weighted by molar-refractivity contribution is -0.159. The molecule has 0 spiro atoms. The molecule has 0 aromatic heterocycles. The first-order chi connectivity index (χ1) is 7.35. The second-order valence-corrected chi connectivity index (χ2v) is 5.30. The van der Waals surface area contributed by atoms with Crippen molar-refractivity contribution < 1.29 is 9.53 Å². The molecule has 0 aromatic rings. The molecule has 1 aliphatic rings. The van der Waals surface area contributed by atoms with Crippen molar-refractivity contribution in [2.75, 3.05) is 13.1 Å². The summed E-state index contributed by atoms with van der Waals surface area (Å²) in [6.45, 7) is 9.33. The van der Waals surface area contributed by atoms with Gasteiger partial charge in [0.1, 0.15) is 0 Å². The van der Waals surface area contributed by atoms with Crippen LogP contribution in [0.5, 0.6) is 0 Å². The van der Waals surface area contributed by atoms with Gasteiger partial charge in [0.15, 0.2) is 0 Å². The van der Waals surface area contributed by atoms with Crippen LogP contribution in [0.15, 0.2) is 0 Å². The van der Waals surface area contributed by atoms with Gasteiger partial charge in [-0.2, -0.15) is 0 Å². The third-order valence-electron chi connectivity index (χ3n) is 2.80. The summed E-state index contributed by atoms with van der Waals surface area (Å²) in [5.74, 6) is 0.0603. The molecular weight excluding hydrogens is 204 g/mol. The smallest absolute Gasteiger partial charge is 0.239 e. The molecule has 1 fully saturated rings. The Labute approximate surface area is 98.1 Å². The largest absolute Gasteiger partial charge is 0.369 e. The first-order valence-electron chi connectivity index (χ1n) is 6.08. The molecule has 1 rings (SSSR count). The van der Waals surface area contributed by atoms with E-state index in [1.54, 1.807) is 0 Å². The fourth-order valence-electron chi connectivity index (χ4n) is 2.29. The number of hydrogen-bond acceptors (Lipinski definition) is 3. The van der Waals surface area contributed by atoms with Gasteiger partial charge < -0.3 is 15.4 Å². The number of nitrogens with two attached hydrogens (primary N) is 1. The van der Waals surface area contributed by atoms with Gasteiger partial charge >= 0.3 is 0 Å². The maximum atomic E-state index is 12.1. The van der Waals surface area contributed by atoms with Crippen LogP contribution in [-0.2, 0) is 9.53 Å². The van der Waals surface area contributed by atoms with Crippen molar-refractivity contribution in [1.82, 2.24) is 4.90 Å². The lowest BCUT2D eigenvalue weighted by atomic mass is 10.0. The standard InChI is InChI=1S/C12H24N2O2/c1-5-6-10(13)11(15)14-7-9(2)16-12(3,4)8-14/h9-10H,5-8,13H2,1-4H3/t9?,10-/m1/s1. The van der Waals surface area contributed by atoms with Gasteiger partial charge in [-0.15, -0.1) is 0 Å². The first kappa shape index (κ1) is 13.5. The highest BCUT2D eigenvalue weighted by Gasteiger charge is 2.34. The molecule has 94 valence electrons. The van der Waals surface area contributed by atoms with Crippen molar-refractivity contribution in [3.05, 3.63) is 0 Å². The number of amides is 1. The lowest BCUT2D eigenvalue weighted by Gasteiger charge is -2.42. The Hall–Kier alpha value is -0.610. The van der Waals surface area contributed by atoms with Gasteiger partial charge in [-0.1, -0.05) is 13.3 Å². The summed E-state index contributed by atoms with van der Waals surface area (Å²) < 4.78 is 5.76. The minimum absolute atomic E-state index is 0.0603. The third kappa shape index (κ3) is 3.46. The molecule has 4 heteroatoms. The summed E-state index contributed by atoms with van der Waals surface area (Å²) in [6, 6.07) is -0.355. The van der Waals surface area contributed by atoms with Gasteiger partial charge in [0.25, 0.3) is 0 Å². The van der Waals surface area contributed by atoms with Crippen LogP contribution >= 0.6 is 0 Å². The number of hydrogen-bond donors (Lipinski definition) is 1. The van der Waals surface area contributed by atoms with E-state index in [2.05, 4.69) is 0 Å². The molecule has 0 aromatic carbocycles. The molecule has 0 saturated carbocycles. The van der Waals surface area contributed by atoms with E-state index in [4.69, 9.17) is 10.5 Å². The molecule has 1 aliphatic heterocycles. The minimum atomic E-state index is -0.355. The van der Waals surface area contributed by atoms with Crippen LogP contribution in [-0.4, -0.2) is 41.6 Å². The lowest BCUT2D eigenvalue weighted by Crippen LogP contribution is -2.57. The van der Waals surface area contributed by atoms with Crippen LogP contribution in [0.1, 0.15) is 40.5 Å². The maximum absolute atomic E-state index is 12.1. The van der Waals surface area contributed by atoms with Crippen molar-refractivity contribution in [2.24, 2.45) is 5.73 Å². The third-order valence-corrected chi connectivity index (χ3v) is 2.80. The molecule has 1 unspecified atom stereocenters. The SMILES string of the molecule is CCC[C@@H](N)C(=O)N1CC(C)OC(C)(C)C1. The molecule has 2 N–H and O–H groups in total. The van der Waals surface area contributed by atoms with Gasteiger partial charge in [-0.25, -0.2) is 0 Å². The molecule has 0 bridgehead atoms. The van der Waals surface area contributed by atoms with Gasteiger partial charge in [0.2, 0.25) is 5.91 Å². The van der Waals surface area contributed by atoms with Crippen molar-refractivity contribution >= 4 is 5.91 Å². The average Bonchev–Trinajstić information content (AvgIpc) is 2.13. The van der Waals surface area contributed by atoms with E-state index in [1.165, 1.54) is 0 Å². The fraction of sp³-hybridized carbons (Fsp3) is 0.917. The highest BCUT2D eigenvalue weighted by molar-refractivity contribution is 5.81. The van der Waals surface area contributed by atoms with E-state index in [0.717, 1.165) is 12.8 Å². The first-order valence-corrected chi connectivity index (χ1v) is 6.08. The van der Waals surface area contributed by atoms with Crippen LogP contribution in [0, 0.1) is 0 Å². The molecule has 1 saturated heterocycles. The molecule has 0 radical (unpaired) electrons. The predicted molar refractivity (Wildman–Crippen MR) is 64.1 cm³/mol. The quantitative estimate of drug-likeness (QED) is 0.788. The average molecular weight is 228 g/mol. The number of nitrogens with zero attached hydrogens (tertiary/aromatic N) is 1. The van der Waals surface area contributed by atoms with Crippen LogP contribution < -0.4 is 5.73 Å². The van der Waals surface area contributed by atoms with Gasteiger partial charge in [-0.3, -0.25) is 4.79 Å². The number of carbonyl (C=O) groups is 1. The second-order valence-electron chi connectivity index (χ2n) is 5.30. The number of rotatable bonds is 3. The molecule has 16 heavy (non-hydrogen) atoms. The Balaban J connectivity index is 2.62. The summed E-state index contributed by atoms with van der Waals surface area (Å²) >= 11 is 0. The highest BCUT2D eigenvalue weighted by Crippen LogP contribution is 2.21. The predicted octanol–water partition coefficient (Wildman–Crippen LogP) is 1.14. The molecule has 1 heterocycles. The molecule has 0 aliphatic carbocycles. The van der Waals surface area contributed by atoms with Crippen LogP contribution in [0.3, 0.4) is 0 Å². The van der Waals surface area contributed by atoms with Gasteiger partial charge in [0.05, 0.1) is 17.7 Å². The Morgan fingerprint density at radius 3 is 2.75 bits per heavy atom. The topological polar surface area (TPSA) is 55.6 Å². The van der Waals surface area contributed by atoms with E-state index in [1.807, 2.05) is 32.6 Å².